The van der Waals surface area contributed by atoms with Gasteiger partial charge >= 0.3 is 6.18 Å². The second kappa shape index (κ2) is 6.83. The van der Waals surface area contributed by atoms with E-state index in [4.69, 9.17) is 0 Å². The maximum absolute atomic E-state index is 13.2. The topological polar surface area (TPSA) is 55.1 Å². The Morgan fingerprint density at radius 1 is 1.06 bits per heavy atom. The highest BCUT2D eigenvalue weighted by Crippen LogP contribution is 2.68. The zero-order chi connectivity index (χ0) is 22.5. The van der Waals surface area contributed by atoms with Gasteiger partial charge in [0.2, 0.25) is 0 Å². The monoisotopic (exact) mass is 450 g/mol. The van der Waals surface area contributed by atoms with Gasteiger partial charge in [0.05, 0.1) is 23.9 Å². The van der Waals surface area contributed by atoms with Gasteiger partial charge in [0.25, 0.3) is 0 Å². The molecule has 7 heteroatoms. The smallest absolute Gasteiger partial charge is 0.390 e. The van der Waals surface area contributed by atoms with E-state index in [2.05, 4.69) is 12.0 Å². The van der Waals surface area contributed by atoms with Gasteiger partial charge in [0, 0.05) is 12.1 Å². The first-order valence-corrected chi connectivity index (χ1v) is 12.4. The summed E-state index contributed by atoms with van der Waals surface area (Å²) in [4.78, 5) is 13.2. The van der Waals surface area contributed by atoms with Gasteiger partial charge < -0.3 is 5.11 Å². The van der Waals surface area contributed by atoms with Crippen molar-refractivity contribution in [2.45, 2.75) is 83.0 Å². The number of aromatic nitrogens is 2. The fourth-order valence-corrected chi connectivity index (χ4v) is 9.08. The van der Waals surface area contributed by atoms with Crippen molar-refractivity contribution in [1.82, 2.24) is 9.78 Å². The van der Waals surface area contributed by atoms with Gasteiger partial charge in [-0.15, -0.1) is 0 Å². The molecule has 0 amide bonds. The lowest BCUT2D eigenvalue weighted by atomic mass is 9.49. The molecule has 5 fully saturated rings. The van der Waals surface area contributed by atoms with Crippen molar-refractivity contribution in [1.29, 1.82) is 0 Å². The molecule has 4 nitrogen and oxygen atoms in total. The van der Waals surface area contributed by atoms with Crippen molar-refractivity contribution in [3.63, 3.8) is 0 Å². The van der Waals surface area contributed by atoms with E-state index in [9.17, 15) is 23.1 Å². The number of carbonyl (C=O) groups is 1. The molecule has 0 saturated heterocycles. The first kappa shape index (κ1) is 21.2. The van der Waals surface area contributed by atoms with E-state index < -0.39 is 11.7 Å². The van der Waals surface area contributed by atoms with E-state index in [-0.39, 0.29) is 29.3 Å². The number of alkyl halides is 3. The van der Waals surface area contributed by atoms with Crippen molar-refractivity contribution in [2.24, 2.45) is 46.8 Å². The molecule has 0 aromatic carbocycles. The number of Topliss-reactive ketones (excluding diaryl/α,β-unsaturated/α-hetero) is 1. The van der Waals surface area contributed by atoms with Gasteiger partial charge in [-0.05, 0) is 98.7 Å². The number of ketones is 1. The third-order valence-corrected chi connectivity index (χ3v) is 10.6. The van der Waals surface area contributed by atoms with Crippen LogP contribution in [0.5, 0.6) is 0 Å². The third kappa shape index (κ3) is 3.05. The maximum atomic E-state index is 13.2. The van der Waals surface area contributed by atoms with Gasteiger partial charge in [0.15, 0.2) is 5.78 Å². The SMILES string of the molecule is C[C@]12CC[C@@H]3[C@H]4CC[C@]5(O)CC5[C@H]4CC[C@H]3[C@@H]1CC[C@@H]2C(=O)Cn1cc(C(F)(F)F)cn1. The van der Waals surface area contributed by atoms with Crippen LogP contribution in [0.2, 0.25) is 0 Å². The van der Waals surface area contributed by atoms with Crippen LogP contribution in [0.15, 0.2) is 12.4 Å². The predicted octanol–water partition coefficient (Wildman–Crippen LogP) is 5.10. The summed E-state index contributed by atoms with van der Waals surface area (Å²) < 4.78 is 39.8. The average molecular weight is 451 g/mol. The largest absolute Gasteiger partial charge is 0.419 e. The molecule has 1 aromatic heterocycles. The fourth-order valence-electron chi connectivity index (χ4n) is 9.08. The van der Waals surface area contributed by atoms with Gasteiger partial charge in [-0.2, -0.15) is 18.3 Å². The minimum atomic E-state index is -4.43. The molecule has 1 aromatic rings. The molecule has 5 aliphatic rings. The van der Waals surface area contributed by atoms with Crippen molar-refractivity contribution in [3.8, 4) is 0 Å². The number of aliphatic hydroxyl groups is 1. The van der Waals surface area contributed by atoms with Gasteiger partial charge in [-0.25, -0.2) is 0 Å². The Kier molecular flexibility index (Phi) is 4.52. The predicted molar refractivity (Wildman–Crippen MR) is 111 cm³/mol. The molecule has 0 radical (unpaired) electrons. The summed E-state index contributed by atoms with van der Waals surface area (Å²) in [5, 5.41) is 14.4. The standard InChI is InChI=1S/C25H33F3N2O2/c1-23-8-6-15-16-7-9-24(32)10-21(24)18(16)3-2-17(15)19(23)4-5-20(23)22(31)13-30-12-14(11-29-30)25(26,27)28/h11-12,15-21,32H,2-10,13H2,1H3/t15-,16-,17-,18+,19+,20-,21?,23+,24+/m1/s1. The van der Waals surface area contributed by atoms with Gasteiger partial charge in [-0.1, -0.05) is 6.92 Å². The highest BCUT2D eigenvalue weighted by molar-refractivity contribution is 5.82. The molecule has 9 atom stereocenters. The highest BCUT2D eigenvalue weighted by Gasteiger charge is 2.65. The molecule has 1 heterocycles. The molecule has 0 spiro atoms. The second-order valence-electron chi connectivity index (χ2n) is 11.9. The lowest BCUT2D eigenvalue weighted by Crippen LogP contribution is -2.50. The Hall–Kier alpha value is -1.37. The summed E-state index contributed by atoms with van der Waals surface area (Å²) in [6.45, 7) is 2.21. The van der Waals surface area contributed by atoms with E-state index in [1.807, 2.05) is 0 Å². The minimum absolute atomic E-state index is 0.0414. The normalized spacial score (nSPS) is 47.2. The molecule has 1 N–H and O–H groups in total. The molecule has 32 heavy (non-hydrogen) atoms. The van der Waals surface area contributed by atoms with Crippen molar-refractivity contribution in [3.05, 3.63) is 18.0 Å². The van der Waals surface area contributed by atoms with Crippen molar-refractivity contribution < 1.29 is 23.1 Å². The zero-order valence-corrected chi connectivity index (χ0v) is 18.7. The van der Waals surface area contributed by atoms with Crippen LogP contribution in [0.25, 0.3) is 0 Å². The fraction of sp³-hybridized carbons (Fsp3) is 0.840. The van der Waals surface area contributed by atoms with Crippen LogP contribution < -0.4 is 0 Å². The highest BCUT2D eigenvalue weighted by atomic mass is 19.4. The van der Waals surface area contributed by atoms with E-state index >= 15 is 0 Å². The van der Waals surface area contributed by atoms with Crippen LogP contribution >= 0.6 is 0 Å². The summed E-state index contributed by atoms with van der Waals surface area (Å²) in [5.41, 5.74) is -1.19. The van der Waals surface area contributed by atoms with Crippen molar-refractivity contribution >= 4 is 5.78 Å². The lowest BCUT2D eigenvalue weighted by Gasteiger charge is -2.56. The van der Waals surface area contributed by atoms with Gasteiger partial charge in [0.1, 0.15) is 0 Å². The van der Waals surface area contributed by atoms with Crippen LogP contribution in [-0.2, 0) is 17.5 Å². The summed E-state index contributed by atoms with van der Waals surface area (Å²) >= 11 is 0. The van der Waals surface area contributed by atoms with Crippen molar-refractivity contribution in [2.75, 3.05) is 0 Å². The number of fused-ring (bicyclic) bond motifs is 7. The summed E-state index contributed by atoms with van der Waals surface area (Å²) in [7, 11) is 0. The Morgan fingerprint density at radius 3 is 2.44 bits per heavy atom. The number of halogens is 3. The molecule has 0 bridgehead atoms. The van der Waals surface area contributed by atoms with Crippen LogP contribution in [0.1, 0.15) is 70.3 Å². The Labute approximate surface area is 186 Å². The summed E-state index contributed by atoms with van der Waals surface area (Å²) in [6.07, 6.45) is 7.01. The van der Waals surface area contributed by atoms with E-state index in [0.717, 1.165) is 73.9 Å². The molecule has 1 unspecified atom stereocenters. The Bertz CT molecular complexity index is 929. The van der Waals surface area contributed by atoms with Crippen LogP contribution in [0, 0.1) is 46.8 Å². The Morgan fingerprint density at radius 2 is 1.75 bits per heavy atom. The van der Waals surface area contributed by atoms with Crippen LogP contribution in [0.3, 0.4) is 0 Å². The third-order valence-electron chi connectivity index (χ3n) is 10.6. The number of nitrogens with zero attached hydrogens (tertiary/aromatic N) is 2. The summed E-state index contributed by atoms with van der Waals surface area (Å²) in [5.74, 6) is 3.87. The van der Waals surface area contributed by atoms with Crippen LogP contribution in [0.4, 0.5) is 13.2 Å². The molecule has 5 saturated carbocycles. The number of carbonyl (C=O) groups excluding carboxylic acids is 1. The molecular formula is C25H33F3N2O2. The molecule has 5 aliphatic carbocycles. The van der Waals surface area contributed by atoms with E-state index in [0.29, 0.717) is 23.7 Å². The first-order chi connectivity index (χ1) is 15.1. The summed E-state index contributed by atoms with van der Waals surface area (Å²) in [6, 6.07) is 0. The van der Waals surface area contributed by atoms with Crippen LogP contribution in [-0.4, -0.2) is 26.3 Å². The molecule has 176 valence electrons. The average Bonchev–Trinajstić information content (AvgIpc) is 3.06. The van der Waals surface area contributed by atoms with E-state index in [1.54, 1.807) is 0 Å². The lowest BCUT2D eigenvalue weighted by molar-refractivity contribution is -0.138. The number of rotatable bonds is 3. The quantitative estimate of drug-likeness (QED) is 0.697. The number of hydrogen-bond donors (Lipinski definition) is 1. The zero-order valence-electron chi connectivity index (χ0n) is 18.7. The Balaban J connectivity index is 1.17. The molecule has 0 aliphatic heterocycles. The van der Waals surface area contributed by atoms with Gasteiger partial charge in [-0.3, -0.25) is 9.48 Å². The second-order valence-corrected chi connectivity index (χ2v) is 11.9. The minimum Gasteiger partial charge on any atom is -0.390 e. The molecule has 6 rings (SSSR count). The van der Waals surface area contributed by atoms with E-state index in [1.165, 1.54) is 12.8 Å². The maximum Gasteiger partial charge on any atom is 0.419 e. The molecular weight excluding hydrogens is 417 g/mol. The number of hydrogen-bond acceptors (Lipinski definition) is 3. The first-order valence-electron chi connectivity index (χ1n) is 12.4.